The monoisotopic (exact) mass is 273 g/mol. The number of rotatable bonds is 4. The van der Waals surface area contributed by atoms with Gasteiger partial charge in [0.05, 0.1) is 5.69 Å². The topological polar surface area (TPSA) is 64.0 Å². The fourth-order valence-corrected chi connectivity index (χ4v) is 1.96. The first-order valence-corrected chi connectivity index (χ1v) is 6.41. The summed E-state index contributed by atoms with van der Waals surface area (Å²) in [6.45, 7) is 4.00. The van der Waals surface area contributed by atoms with Gasteiger partial charge in [-0.2, -0.15) is 5.26 Å². The van der Waals surface area contributed by atoms with E-state index >= 15 is 0 Å². The highest BCUT2D eigenvalue weighted by Crippen LogP contribution is 2.34. The summed E-state index contributed by atoms with van der Waals surface area (Å²) in [6, 6.07) is 9.45. The molecule has 0 bridgehead atoms. The lowest BCUT2D eigenvalue weighted by atomic mass is 10.2. The maximum atomic E-state index is 12.9. The third-order valence-corrected chi connectivity index (χ3v) is 3.19. The first-order chi connectivity index (χ1) is 9.56. The second kappa shape index (κ2) is 5.66. The Morgan fingerprint density at radius 3 is 2.60 bits per heavy atom. The number of nitriles is 1. The Balaban J connectivity index is 2.43. The summed E-state index contributed by atoms with van der Waals surface area (Å²) in [5, 5.41) is 9.17. The molecule has 0 fully saturated rings. The largest absolute Gasteiger partial charge is 0.439 e. The predicted octanol–water partition coefficient (Wildman–Crippen LogP) is 3.84. The van der Waals surface area contributed by atoms with Gasteiger partial charge in [0.25, 0.3) is 0 Å². The average Bonchev–Trinajstić information content (AvgIpc) is 2.77. The summed E-state index contributed by atoms with van der Waals surface area (Å²) in [6.07, 6.45) is 0.836. The van der Waals surface area contributed by atoms with Crippen LogP contribution < -0.4 is 10.5 Å². The van der Waals surface area contributed by atoms with E-state index in [0.717, 1.165) is 6.42 Å². The number of aromatic nitrogens is 1. The van der Waals surface area contributed by atoms with E-state index in [-0.39, 0.29) is 11.9 Å². The fourth-order valence-electron chi connectivity index (χ4n) is 1.96. The molecule has 0 aliphatic heterocycles. The van der Waals surface area contributed by atoms with Gasteiger partial charge in [-0.15, -0.1) is 0 Å². The van der Waals surface area contributed by atoms with Gasteiger partial charge in [0, 0.05) is 12.1 Å². The Bertz CT molecular complexity index is 640. The van der Waals surface area contributed by atoms with Crippen LogP contribution >= 0.6 is 0 Å². The number of benzene rings is 1. The minimum atomic E-state index is -0.333. The minimum Gasteiger partial charge on any atom is -0.439 e. The van der Waals surface area contributed by atoms with Crippen molar-refractivity contribution in [1.82, 2.24) is 4.57 Å². The minimum absolute atomic E-state index is 0.0809. The highest BCUT2D eigenvalue weighted by molar-refractivity contribution is 5.56. The molecule has 0 spiro atoms. The number of nitrogen functional groups attached to an aromatic ring is 1. The first-order valence-electron chi connectivity index (χ1n) is 6.41. The summed E-state index contributed by atoms with van der Waals surface area (Å²) in [5.74, 6) is 0.563. The van der Waals surface area contributed by atoms with E-state index < -0.39 is 0 Å². The van der Waals surface area contributed by atoms with Crippen LogP contribution in [0.15, 0.2) is 30.3 Å². The van der Waals surface area contributed by atoms with E-state index in [4.69, 9.17) is 10.5 Å². The van der Waals surface area contributed by atoms with Crippen molar-refractivity contribution in [1.29, 1.82) is 5.26 Å². The molecule has 2 rings (SSSR count). The molecule has 2 aromatic rings. The maximum Gasteiger partial charge on any atom is 0.224 e. The molecule has 0 amide bonds. The molecule has 1 aromatic heterocycles. The molecule has 104 valence electrons. The lowest BCUT2D eigenvalue weighted by molar-refractivity contribution is 0.397. The molecule has 0 unspecified atom stereocenters. The van der Waals surface area contributed by atoms with Crippen LogP contribution in [0.25, 0.3) is 0 Å². The molecule has 0 radical (unpaired) electrons. The van der Waals surface area contributed by atoms with Crippen molar-refractivity contribution in [3.8, 4) is 17.7 Å². The zero-order valence-electron chi connectivity index (χ0n) is 11.4. The van der Waals surface area contributed by atoms with Crippen LogP contribution in [-0.4, -0.2) is 4.57 Å². The van der Waals surface area contributed by atoms with Crippen LogP contribution in [-0.2, 0) is 0 Å². The molecule has 1 atom stereocenters. The molecular weight excluding hydrogens is 257 g/mol. The summed E-state index contributed by atoms with van der Waals surface area (Å²) < 4.78 is 20.4. The zero-order chi connectivity index (χ0) is 14.7. The number of halogens is 1. The van der Waals surface area contributed by atoms with Crippen molar-refractivity contribution in [2.24, 2.45) is 0 Å². The van der Waals surface area contributed by atoms with Crippen molar-refractivity contribution < 1.29 is 9.13 Å². The van der Waals surface area contributed by atoms with Crippen molar-refractivity contribution >= 4 is 5.69 Å². The molecule has 1 aromatic carbocycles. The van der Waals surface area contributed by atoms with Gasteiger partial charge in [0.2, 0.25) is 5.88 Å². The fraction of sp³-hybridized carbons (Fsp3) is 0.267. The second-order valence-electron chi connectivity index (χ2n) is 4.59. The Kier molecular flexibility index (Phi) is 3.94. The highest BCUT2D eigenvalue weighted by Gasteiger charge is 2.18. The number of hydrogen-bond acceptors (Lipinski definition) is 3. The van der Waals surface area contributed by atoms with E-state index in [9.17, 15) is 9.65 Å². The van der Waals surface area contributed by atoms with E-state index in [1.54, 1.807) is 10.6 Å². The van der Waals surface area contributed by atoms with Crippen LogP contribution in [0.5, 0.6) is 11.6 Å². The lowest BCUT2D eigenvalue weighted by Crippen LogP contribution is -2.08. The molecule has 5 heteroatoms. The second-order valence-corrected chi connectivity index (χ2v) is 4.59. The van der Waals surface area contributed by atoms with Gasteiger partial charge in [-0.25, -0.2) is 4.39 Å². The molecule has 20 heavy (non-hydrogen) atoms. The SMILES string of the molecule is CC[C@H](C)n1c(C#N)cc(N)c1Oc1ccc(F)cc1. The first kappa shape index (κ1) is 13.9. The molecule has 0 aliphatic rings. The quantitative estimate of drug-likeness (QED) is 0.920. The van der Waals surface area contributed by atoms with Gasteiger partial charge >= 0.3 is 0 Å². The number of hydrogen-bond donors (Lipinski definition) is 1. The third-order valence-electron chi connectivity index (χ3n) is 3.19. The average molecular weight is 273 g/mol. The molecule has 0 saturated heterocycles. The molecule has 4 nitrogen and oxygen atoms in total. The standard InChI is InChI=1S/C15H16FN3O/c1-3-10(2)19-12(9-17)8-14(18)15(19)20-13-6-4-11(16)5-7-13/h4-8,10H,3,18H2,1-2H3/t10-/m0/s1. The Labute approximate surface area is 117 Å². The number of ether oxygens (including phenoxy) is 1. The van der Waals surface area contributed by atoms with Crippen LogP contribution in [0.1, 0.15) is 32.0 Å². The van der Waals surface area contributed by atoms with Crippen LogP contribution in [0.2, 0.25) is 0 Å². The van der Waals surface area contributed by atoms with Crippen molar-refractivity contribution in [3.05, 3.63) is 41.8 Å². The van der Waals surface area contributed by atoms with Crippen LogP contribution in [0.4, 0.5) is 10.1 Å². The highest BCUT2D eigenvalue weighted by atomic mass is 19.1. The summed E-state index contributed by atoms with van der Waals surface area (Å²) in [7, 11) is 0. The Morgan fingerprint density at radius 2 is 2.05 bits per heavy atom. The van der Waals surface area contributed by atoms with E-state index in [0.29, 0.717) is 23.0 Å². The summed E-state index contributed by atoms with van der Waals surface area (Å²) in [5.41, 5.74) is 6.76. The predicted molar refractivity (Wildman–Crippen MR) is 75.0 cm³/mol. The van der Waals surface area contributed by atoms with E-state index in [1.165, 1.54) is 24.3 Å². The Hall–Kier alpha value is -2.48. The molecule has 1 heterocycles. The summed E-state index contributed by atoms with van der Waals surface area (Å²) >= 11 is 0. The maximum absolute atomic E-state index is 12.9. The zero-order valence-corrected chi connectivity index (χ0v) is 11.4. The van der Waals surface area contributed by atoms with Gasteiger partial charge in [-0.1, -0.05) is 6.92 Å². The van der Waals surface area contributed by atoms with Gasteiger partial charge in [0.15, 0.2) is 0 Å². The van der Waals surface area contributed by atoms with E-state index in [2.05, 4.69) is 6.07 Å². The number of nitrogens with two attached hydrogens (primary N) is 1. The molecule has 0 saturated carbocycles. The van der Waals surface area contributed by atoms with Gasteiger partial charge in [0.1, 0.15) is 23.3 Å². The van der Waals surface area contributed by atoms with Crippen LogP contribution in [0.3, 0.4) is 0 Å². The Morgan fingerprint density at radius 1 is 1.40 bits per heavy atom. The van der Waals surface area contributed by atoms with Gasteiger partial charge < -0.3 is 10.5 Å². The number of anilines is 1. The molecule has 0 aliphatic carbocycles. The smallest absolute Gasteiger partial charge is 0.224 e. The van der Waals surface area contributed by atoms with Crippen LogP contribution in [0, 0.1) is 17.1 Å². The normalized spacial score (nSPS) is 11.9. The molecular formula is C15H16FN3O. The van der Waals surface area contributed by atoms with E-state index in [1.807, 2.05) is 13.8 Å². The van der Waals surface area contributed by atoms with Crippen molar-refractivity contribution in [2.45, 2.75) is 26.3 Å². The third kappa shape index (κ3) is 2.59. The van der Waals surface area contributed by atoms with Crippen molar-refractivity contribution in [2.75, 3.05) is 5.73 Å². The molecule has 2 N–H and O–H groups in total. The lowest BCUT2D eigenvalue weighted by Gasteiger charge is -2.17. The van der Waals surface area contributed by atoms with Gasteiger partial charge in [-0.3, -0.25) is 4.57 Å². The summed E-state index contributed by atoms with van der Waals surface area (Å²) in [4.78, 5) is 0. The van der Waals surface area contributed by atoms with Gasteiger partial charge in [-0.05, 0) is 37.6 Å². The van der Waals surface area contributed by atoms with Crippen molar-refractivity contribution in [3.63, 3.8) is 0 Å². The number of nitrogens with zero attached hydrogens (tertiary/aromatic N) is 2.